The van der Waals surface area contributed by atoms with Crippen LogP contribution >= 0.6 is 12.4 Å². The van der Waals surface area contributed by atoms with Crippen molar-refractivity contribution in [1.29, 1.82) is 0 Å². The van der Waals surface area contributed by atoms with E-state index in [1.807, 2.05) is 12.3 Å². The van der Waals surface area contributed by atoms with Crippen molar-refractivity contribution in [2.24, 2.45) is 29.6 Å². The Hall–Kier alpha value is -1.33. The molecular weight excluding hydrogens is 324 g/mol. The Balaban J connectivity index is 0.00000146. The van der Waals surface area contributed by atoms with Crippen molar-refractivity contribution in [3.05, 3.63) is 18.3 Å². The fourth-order valence-corrected chi connectivity index (χ4v) is 5.46. The Morgan fingerprint density at radius 3 is 2.50 bits per heavy atom. The maximum absolute atomic E-state index is 12.5. The van der Waals surface area contributed by atoms with Crippen molar-refractivity contribution in [1.82, 2.24) is 10.3 Å². The average molecular weight is 349 g/mol. The average Bonchev–Trinajstić information content (AvgIpc) is 3.05. The maximum atomic E-state index is 12.5. The summed E-state index contributed by atoms with van der Waals surface area (Å²) in [5, 5.41) is 6.40. The Labute approximate surface area is 149 Å². The molecule has 3 aliphatic carbocycles. The third kappa shape index (κ3) is 2.58. The second-order valence-corrected chi connectivity index (χ2v) is 7.64. The summed E-state index contributed by atoms with van der Waals surface area (Å²) in [6, 6.07) is 4.02. The van der Waals surface area contributed by atoms with Crippen LogP contribution in [0.15, 0.2) is 18.3 Å². The number of piperazine rings is 1. The van der Waals surface area contributed by atoms with Gasteiger partial charge in [-0.2, -0.15) is 0 Å². The molecule has 5 nitrogen and oxygen atoms in total. The van der Waals surface area contributed by atoms with Gasteiger partial charge in [-0.05, 0) is 55.1 Å². The first kappa shape index (κ1) is 16.2. The lowest BCUT2D eigenvalue weighted by Crippen LogP contribution is -2.43. The minimum absolute atomic E-state index is 0. The van der Waals surface area contributed by atoms with Gasteiger partial charge in [0.15, 0.2) is 0 Å². The molecule has 130 valence electrons. The van der Waals surface area contributed by atoms with Gasteiger partial charge in [-0.25, -0.2) is 4.98 Å². The molecule has 1 aromatic rings. The molecule has 4 atom stereocenters. The SMILES string of the molecule is Cl.O=C(Nc1ccc(N2CCNCC2)cn1)C1C2C3CCC(C3)C12. The quantitative estimate of drug-likeness (QED) is 0.878. The van der Waals surface area contributed by atoms with Gasteiger partial charge in [-0.3, -0.25) is 4.79 Å². The molecule has 4 unspecified atom stereocenters. The first-order valence-electron chi connectivity index (χ1n) is 9.04. The molecule has 0 aromatic carbocycles. The van der Waals surface area contributed by atoms with E-state index < -0.39 is 0 Å². The summed E-state index contributed by atoms with van der Waals surface area (Å²) >= 11 is 0. The molecule has 4 fully saturated rings. The summed E-state index contributed by atoms with van der Waals surface area (Å²) in [6.45, 7) is 4.07. The third-order valence-corrected chi connectivity index (χ3v) is 6.52. The molecule has 2 N–H and O–H groups in total. The molecule has 24 heavy (non-hydrogen) atoms. The predicted octanol–water partition coefficient (Wildman–Crippen LogP) is 2.14. The van der Waals surface area contributed by atoms with Crippen LogP contribution in [-0.2, 0) is 4.79 Å². The summed E-state index contributed by atoms with van der Waals surface area (Å²) in [7, 11) is 0. The smallest absolute Gasteiger partial charge is 0.229 e. The molecule has 5 rings (SSSR count). The van der Waals surface area contributed by atoms with Crippen molar-refractivity contribution in [3.8, 4) is 0 Å². The van der Waals surface area contributed by atoms with Crippen LogP contribution < -0.4 is 15.5 Å². The number of nitrogens with one attached hydrogen (secondary N) is 2. The highest BCUT2D eigenvalue weighted by Crippen LogP contribution is 2.69. The van der Waals surface area contributed by atoms with Gasteiger partial charge < -0.3 is 15.5 Å². The molecule has 1 aliphatic heterocycles. The van der Waals surface area contributed by atoms with E-state index in [0.717, 1.165) is 43.7 Å². The minimum Gasteiger partial charge on any atom is -0.368 e. The van der Waals surface area contributed by atoms with Gasteiger partial charge >= 0.3 is 0 Å². The van der Waals surface area contributed by atoms with E-state index >= 15 is 0 Å². The number of carbonyl (C=O) groups excluding carboxylic acids is 1. The number of aromatic nitrogens is 1. The van der Waals surface area contributed by atoms with Crippen molar-refractivity contribution in [2.45, 2.75) is 19.3 Å². The van der Waals surface area contributed by atoms with E-state index in [0.29, 0.717) is 17.7 Å². The summed E-state index contributed by atoms with van der Waals surface area (Å²) in [5.41, 5.74) is 1.14. The Morgan fingerprint density at radius 1 is 1.17 bits per heavy atom. The first-order chi connectivity index (χ1) is 11.3. The first-order valence-corrected chi connectivity index (χ1v) is 9.04. The molecule has 0 spiro atoms. The van der Waals surface area contributed by atoms with Crippen molar-refractivity contribution >= 4 is 29.8 Å². The van der Waals surface area contributed by atoms with Crippen LogP contribution in [0.1, 0.15) is 19.3 Å². The topological polar surface area (TPSA) is 57.3 Å². The number of carbonyl (C=O) groups is 1. The van der Waals surface area contributed by atoms with Crippen LogP contribution in [0, 0.1) is 29.6 Å². The normalized spacial score (nSPS) is 36.0. The second-order valence-electron chi connectivity index (χ2n) is 7.64. The third-order valence-electron chi connectivity index (χ3n) is 6.52. The number of rotatable bonds is 3. The fourth-order valence-electron chi connectivity index (χ4n) is 5.46. The van der Waals surface area contributed by atoms with E-state index in [-0.39, 0.29) is 24.2 Å². The molecule has 2 heterocycles. The lowest BCUT2D eigenvalue weighted by molar-refractivity contribution is -0.118. The van der Waals surface area contributed by atoms with Crippen LogP contribution in [0.2, 0.25) is 0 Å². The largest absolute Gasteiger partial charge is 0.368 e. The molecule has 1 saturated heterocycles. The Bertz CT molecular complexity index is 600. The minimum atomic E-state index is 0. The van der Waals surface area contributed by atoms with Crippen LogP contribution in [-0.4, -0.2) is 37.1 Å². The number of amides is 1. The van der Waals surface area contributed by atoms with Crippen molar-refractivity contribution in [2.75, 3.05) is 36.4 Å². The highest BCUT2D eigenvalue weighted by atomic mass is 35.5. The molecular formula is C18H25ClN4O. The van der Waals surface area contributed by atoms with Crippen molar-refractivity contribution < 1.29 is 4.79 Å². The maximum Gasteiger partial charge on any atom is 0.229 e. The van der Waals surface area contributed by atoms with E-state index in [1.54, 1.807) is 0 Å². The van der Waals surface area contributed by atoms with E-state index in [1.165, 1.54) is 19.3 Å². The lowest BCUT2D eigenvalue weighted by Gasteiger charge is -2.29. The number of halogens is 1. The number of fused-ring (bicyclic) bond motifs is 5. The van der Waals surface area contributed by atoms with Gasteiger partial charge in [0, 0.05) is 32.1 Å². The van der Waals surface area contributed by atoms with Crippen LogP contribution in [0.3, 0.4) is 0 Å². The van der Waals surface area contributed by atoms with Gasteiger partial charge in [0.1, 0.15) is 5.82 Å². The lowest BCUT2D eigenvalue weighted by atomic mass is 10.0. The van der Waals surface area contributed by atoms with Crippen LogP contribution in [0.4, 0.5) is 11.5 Å². The number of nitrogens with zero attached hydrogens (tertiary/aromatic N) is 2. The highest BCUT2D eigenvalue weighted by Gasteiger charge is 2.67. The van der Waals surface area contributed by atoms with Gasteiger partial charge in [0.05, 0.1) is 11.9 Å². The summed E-state index contributed by atoms with van der Waals surface area (Å²) < 4.78 is 0. The highest BCUT2D eigenvalue weighted by molar-refractivity contribution is 5.94. The molecule has 3 saturated carbocycles. The summed E-state index contributed by atoms with van der Waals surface area (Å²) in [5.74, 6) is 4.23. The van der Waals surface area contributed by atoms with Gasteiger partial charge in [0.2, 0.25) is 5.91 Å². The molecule has 4 aliphatic rings. The van der Waals surface area contributed by atoms with Crippen LogP contribution in [0.25, 0.3) is 0 Å². The van der Waals surface area contributed by atoms with Gasteiger partial charge in [-0.15, -0.1) is 12.4 Å². The second kappa shape index (κ2) is 6.19. The molecule has 0 radical (unpaired) electrons. The predicted molar refractivity (Wildman–Crippen MR) is 96.5 cm³/mol. The van der Waals surface area contributed by atoms with Crippen molar-refractivity contribution in [3.63, 3.8) is 0 Å². The zero-order valence-corrected chi connectivity index (χ0v) is 14.6. The number of hydrogen-bond donors (Lipinski definition) is 2. The molecule has 2 bridgehead atoms. The standard InChI is InChI=1S/C18H24N4O.ClH/c23-18(17-15-11-1-2-12(9-11)16(15)17)21-14-4-3-13(10-20-14)22-7-5-19-6-8-22;/h3-4,10-12,15-17,19H,1-2,5-9H2,(H,20,21,23);1H. The number of hydrogen-bond acceptors (Lipinski definition) is 4. The number of pyridine rings is 1. The van der Waals surface area contributed by atoms with Gasteiger partial charge in [-0.1, -0.05) is 0 Å². The monoisotopic (exact) mass is 348 g/mol. The molecule has 6 heteroatoms. The zero-order chi connectivity index (χ0) is 15.4. The van der Waals surface area contributed by atoms with Gasteiger partial charge in [0.25, 0.3) is 0 Å². The fraction of sp³-hybridized carbons (Fsp3) is 0.667. The molecule has 1 aromatic heterocycles. The zero-order valence-electron chi connectivity index (χ0n) is 13.8. The summed E-state index contributed by atoms with van der Waals surface area (Å²) in [4.78, 5) is 19.3. The van der Waals surface area contributed by atoms with E-state index in [2.05, 4.69) is 26.6 Å². The van der Waals surface area contributed by atoms with E-state index in [9.17, 15) is 4.79 Å². The molecule has 1 amide bonds. The van der Waals surface area contributed by atoms with Crippen LogP contribution in [0.5, 0.6) is 0 Å². The number of anilines is 2. The summed E-state index contributed by atoms with van der Waals surface area (Å²) in [6.07, 6.45) is 5.98. The Kier molecular flexibility index (Phi) is 4.17. The Morgan fingerprint density at radius 2 is 1.88 bits per heavy atom. The van der Waals surface area contributed by atoms with E-state index in [4.69, 9.17) is 0 Å².